The maximum absolute atomic E-state index is 13.5. The van der Waals surface area contributed by atoms with E-state index in [9.17, 15) is 4.39 Å². The van der Waals surface area contributed by atoms with Crippen molar-refractivity contribution in [2.24, 2.45) is 0 Å². The molecule has 2 nitrogen and oxygen atoms in total. The van der Waals surface area contributed by atoms with Gasteiger partial charge < -0.3 is 10.2 Å². The first-order chi connectivity index (χ1) is 7.79. The lowest BCUT2D eigenvalue weighted by Crippen LogP contribution is -2.32. The number of para-hydroxylation sites is 1. The van der Waals surface area contributed by atoms with Crippen LogP contribution in [0.1, 0.15) is 20.3 Å². The highest BCUT2D eigenvalue weighted by atomic mass is 19.1. The lowest BCUT2D eigenvalue weighted by Gasteiger charge is -2.23. The lowest BCUT2D eigenvalue weighted by molar-refractivity contribution is 0.608. The standard InChI is InChI=1S/C13H21FN2/c1-3-9-15-10-11-16(4-2)13-8-6-5-7-12(13)14/h5-8,15H,3-4,9-11H2,1-2H3. The average molecular weight is 224 g/mol. The van der Waals surface area contributed by atoms with Crippen LogP contribution in [0.2, 0.25) is 0 Å². The molecule has 0 heterocycles. The zero-order valence-corrected chi connectivity index (χ0v) is 10.2. The highest BCUT2D eigenvalue weighted by molar-refractivity contribution is 5.47. The van der Waals surface area contributed by atoms with E-state index >= 15 is 0 Å². The van der Waals surface area contributed by atoms with Crippen LogP contribution in [0.3, 0.4) is 0 Å². The van der Waals surface area contributed by atoms with Crippen molar-refractivity contribution in [2.75, 3.05) is 31.1 Å². The van der Waals surface area contributed by atoms with Crippen molar-refractivity contribution in [3.63, 3.8) is 0 Å². The Kier molecular flexibility index (Phi) is 5.86. The van der Waals surface area contributed by atoms with Gasteiger partial charge in [0.15, 0.2) is 0 Å². The fourth-order valence-corrected chi connectivity index (χ4v) is 1.67. The second kappa shape index (κ2) is 7.23. The second-order valence-corrected chi connectivity index (χ2v) is 3.78. The van der Waals surface area contributed by atoms with Crippen molar-refractivity contribution in [1.82, 2.24) is 5.32 Å². The van der Waals surface area contributed by atoms with Gasteiger partial charge in [-0.3, -0.25) is 0 Å². The minimum atomic E-state index is -0.139. The van der Waals surface area contributed by atoms with E-state index in [1.807, 2.05) is 19.1 Å². The summed E-state index contributed by atoms with van der Waals surface area (Å²) in [4.78, 5) is 2.05. The molecular weight excluding hydrogens is 203 g/mol. The topological polar surface area (TPSA) is 15.3 Å². The number of rotatable bonds is 7. The maximum atomic E-state index is 13.5. The van der Waals surface area contributed by atoms with Crippen LogP contribution in [0.4, 0.5) is 10.1 Å². The third-order valence-corrected chi connectivity index (χ3v) is 2.56. The van der Waals surface area contributed by atoms with Crippen LogP contribution in [-0.4, -0.2) is 26.2 Å². The lowest BCUT2D eigenvalue weighted by atomic mass is 10.2. The van der Waals surface area contributed by atoms with Gasteiger partial charge in [0.05, 0.1) is 5.69 Å². The minimum absolute atomic E-state index is 0.139. The summed E-state index contributed by atoms with van der Waals surface area (Å²) in [6.45, 7) is 7.78. The maximum Gasteiger partial charge on any atom is 0.146 e. The molecule has 0 aromatic heterocycles. The van der Waals surface area contributed by atoms with Crippen LogP contribution in [0.15, 0.2) is 24.3 Å². The molecule has 0 saturated heterocycles. The summed E-state index contributed by atoms with van der Waals surface area (Å²) in [5.41, 5.74) is 0.697. The molecule has 3 heteroatoms. The van der Waals surface area contributed by atoms with Gasteiger partial charge in [0.1, 0.15) is 5.82 Å². The van der Waals surface area contributed by atoms with Gasteiger partial charge >= 0.3 is 0 Å². The zero-order chi connectivity index (χ0) is 11.8. The Morgan fingerprint density at radius 3 is 2.56 bits per heavy atom. The molecule has 0 unspecified atom stereocenters. The summed E-state index contributed by atoms with van der Waals surface area (Å²) in [6.07, 6.45) is 1.13. The van der Waals surface area contributed by atoms with Crippen molar-refractivity contribution in [1.29, 1.82) is 0 Å². The summed E-state index contributed by atoms with van der Waals surface area (Å²) in [7, 11) is 0. The van der Waals surface area contributed by atoms with Gasteiger partial charge in [-0.1, -0.05) is 19.1 Å². The molecular formula is C13H21FN2. The zero-order valence-electron chi connectivity index (χ0n) is 10.2. The quantitative estimate of drug-likeness (QED) is 0.716. The molecule has 0 saturated carbocycles. The van der Waals surface area contributed by atoms with Gasteiger partial charge in [-0.15, -0.1) is 0 Å². The first-order valence-electron chi connectivity index (χ1n) is 5.99. The van der Waals surface area contributed by atoms with Gasteiger partial charge in [0.25, 0.3) is 0 Å². The van der Waals surface area contributed by atoms with Gasteiger partial charge in [-0.25, -0.2) is 4.39 Å². The highest BCUT2D eigenvalue weighted by Crippen LogP contribution is 2.17. The number of nitrogens with zero attached hydrogens (tertiary/aromatic N) is 1. The average Bonchev–Trinajstić information content (AvgIpc) is 2.31. The molecule has 0 radical (unpaired) electrons. The van der Waals surface area contributed by atoms with E-state index in [-0.39, 0.29) is 5.82 Å². The highest BCUT2D eigenvalue weighted by Gasteiger charge is 2.07. The van der Waals surface area contributed by atoms with Gasteiger partial charge in [-0.2, -0.15) is 0 Å². The fourth-order valence-electron chi connectivity index (χ4n) is 1.67. The van der Waals surface area contributed by atoms with E-state index in [4.69, 9.17) is 0 Å². The smallest absolute Gasteiger partial charge is 0.146 e. The van der Waals surface area contributed by atoms with Crippen molar-refractivity contribution >= 4 is 5.69 Å². The molecule has 0 bridgehead atoms. The Hall–Kier alpha value is -1.09. The summed E-state index contributed by atoms with van der Waals surface area (Å²) < 4.78 is 13.5. The second-order valence-electron chi connectivity index (χ2n) is 3.78. The SMILES string of the molecule is CCCNCCN(CC)c1ccccc1F. The number of hydrogen-bond acceptors (Lipinski definition) is 2. The molecule has 0 aliphatic carbocycles. The molecule has 0 amide bonds. The van der Waals surface area contributed by atoms with E-state index in [0.717, 1.165) is 32.6 Å². The van der Waals surface area contributed by atoms with E-state index in [0.29, 0.717) is 5.69 Å². The number of anilines is 1. The molecule has 0 spiro atoms. The molecule has 90 valence electrons. The van der Waals surface area contributed by atoms with Crippen LogP contribution in [0, 0.1) is 5.82 Å². The molecule has 16 heavy (non-hydrogen) atoms. The minimum Gasteiger partial charge on any atom is -0.368 e. The van der Waals surface area contributed by atoms with Crippen LogP contribution in [0.5, 0.6) is 0 Å². The van der Waals surface area contributed by atoms with Gasteiger partial charge in [-0.05, 0) is 32.0 Å². The van der Waals surface area contributed by atoms with E-state index in [1.54, 1.807) is 6.07 Å². The summed E-state index contributed by atoms with van der Waals surface area (Å²) in [5, 5.41) is 3.32. The summed E-state index contributed by atoms with van der Waals surface area (Å²) in [6, 6.07) is 6.94. The van der Waals surface area contributed by atoms with E-state index in [1.165, 1.54) is 6.07 Å². The van der Waals surface area contributed by atoms with Crippen molar-refractivity contribution < 1.29 is 4.39 Å². The molecule has 1 rings (SSSR count). The van der Waals surface area contributed by atoms with Gasteiger partial charge in [0, 0.05) is 19.6 Å². The van der Waals surface area contributed by atoms with E-state index in [2.05, 4.69) is 17.1 Å². The van der Waals surface area contributed by atoms with Gasteiger partial charge in [0.2, 0.25) is 0 Å². The van der Waals surface area contributed by atoms with Crippen molar-refractivity contribution in [3.8, 4) is 0 Å². The third kappa shape index (κ3) is 3.81. The summed E-state index contributed by atoms with van der Waals surface area (Å²) in [5.74, 6) is -0.139. The third-order valence-electron chi connectivity index (χ3n) is 2.56. The Morgan fingerprint density at radius 1 is 1.19 bits per heavy atom. The molecule has 1 aromatic carbocycles. The van der Waals surface area contributed by atoms with Crippen LogP contribution >= 0.6 is 0 Å². The van der Waals surface area contributed by atoms with Crippen LogP contribution in [-0.2, 0) is 0 Å². The van der Waals surface area contributed by atoms with Crippen LogP contribution < -0.4 is 10.2 Å². The van der Waals surface area contributed by atoms with Crippen molar-refractivity contribution in [3.05, 3.63) is 30.1 Å². The number of benzene rings is 1. The molecule has 0 atom stereocenters. The first-order valence-corrected chi connectivity index (χ1v) is 5.99. The normalized spacial score (nSPS) is 10.4. The Balaban J connectivity index is 2.51. The largest absolute Gasteiger partial charge is 0.368 e. The Bertz CT molecular complexity index is 302. The predicted molar refractivity (Wildman–Crippen MR) is 67.4 cm³/mol. The van der Waals surface area contributed by atoms with Crippen LogP contribution in [0.25, 0.3) is 0 Å². The van der Waals surface area contributed by atoms with E-state index < -0.39 is 0 Å². The Morgan fingerprint density at radius 2 is 1.94 bits per heavy atom. The first kappa shape index (κ1) is 13.0. The number of nitrogens with one attached hydrogen (secondary N) is 1. The predicted octanol–water partition coefficient (Wildman–Crippen LogP) is 2.65. The number of halogens is 1. The summed E-state index contributed by atoms with van der Waals surface area (Å²) >= 11 is 0. The van der Waals surface area contributed by atoms with Crippen molar-refractivity contribution in [2.45, 2.75) is 20.3 Å². The molecule has 1 aromatic rings. The molecule has 0 aliphatic heterocycles. The number of hydrogen-bond donors (Lipinski definition) is 1. The Labute approximate surface area is 97.5 Å². The fraction of sp³-hybridized carbons (Fsp3) is 0.538. The monoisotopic (exact) mass is 224 g/mol. The molecule has 0 aliphatic rings. The number of likely N-dealkylation sites (N-methyl/N-ethyl adjacent to an activating group) is 1. The molecule has 1 N–H and O–H groups in total. The molecule has 0 fully saturated rings.